The first-order chi connectivity index (χ1) is 21.9. The van der Waals surface area contributed by atoms with Crippen molar-refractivity contribution < 1.29 is 26.7 Å². The highest BCUT2D eigenvalue weighted by molar-refractivity contribution is 6.02. The molecule has 0 spiro atoms. The van der Waals surface area contributed by atoms with E-state index >= 15 is 8.78 Å². The third kappa shape index (κ3) is 4.63. The van der Waals surface area contributed by atoms with Crippen LogP contribution in [0, 0.1) is 31.4 Å². The van der Waals surface area contributed by atoms with E-state index in [-0.39, 0.29) is 56.7 Å². The lowest BCUT2D eigenvalue weighted by Crippen LogP contribution is -2.51. The van der Waals surface area contributed by atoms with Crippen LogP contribution < -0.4 is 15.0 Å². The van der Waals surface area contributed by atoms with Crippen LogP contribution in [0.15, 0.2) is 12.1 Å². The summed E-state index contributed by atoms with van der Waals surface area (Å²) in [5, 5.41) is 10.4. The van der Waals surface area contributed by atoms with Gasteiger partial charge in [0.1, 0.15) is 23.8 Å². The molecule has 0 radical (unpaired) electrons. The molecule has 4 atom stereocenters. The number of benzene rings is 2. The van der Waals surface area contributed by atoms with Gasteiger partial charge in [-0.05, 0) is 76.1 Å². The number of ether oxygens (including phenoxy) is 1. The van der Waals surface area contributed by atoms with E-state index in [1.165, 1.54) is 19.9 Å². The third-order valence-electron chi connectivity index (χ3n) is 10.6. The Balaban J connectivity index is 1.33. The average molecular weight is 642 g/mol. The molecule has 0 amide bonds. The minimum atomic E-state index is -4.89. The zero-order valence-corrected chi connectivity index (χ0v) is 26.0. The number of fused-ring (bicyclic) bond motifs is 5. The van der Waals surface area contributed by atoms with E-state index < -0.39 is 34.5 Å². The normalized spacial score (nSPS) is 26.5. The zero-order valence-electron chi connectivity index (χ0n) is 26.0. The van der Waals surface area contributed by atoms with Gasteiger partial charge in [-0.2, -0.15) is 28.2 Å². The lowest BCUT2D eigenvalue weighted by atomic mass is 9.90. The van der Waals surface area contributed by atoms with Crippen LogP contribution in [0.25, 0.3) is 32.9 Å². The summed E-state index contributed by atoms with van der Waals surface area (Å²) in [4.78, 5) is 13.6. The van der Waals surface area contributed by atoms with Gasteiger partial charge >= 0.3 is 12.2 Å². The number of alkyl halides is 3. The Morgan fingerprint density at radius 3 is 2.54 bits per heavy atom. The number of anilines is 1. The number of aromatic nitrogens is 4. The van der Waals surface area contributed by atoms with Gasteiger partial charge in [-0.3, -0.25) is 10.00 Å². The van der Waals surface area contributed by atoms with Crippen LogP contribution in [0.4, 0.5) is 27.8 Å². The van der Waals surface area contributed by atoms with Crippen molar-refractivity contribution in [1.82, 2.24) is 30.4 Å². The molecular weight excluding hydrogens is 605 g/mol. The van der Waals surface area contributed by atoms with Gasteiger partial charge in [-0.1, -0.05) is 6.92 Å². The molecule has 4 fully saturated rings. The van der Waals surface area contributed by atoms with Gasteiger partial charge in [0.25, 0.3) is 0 Å². The molecular formula is C33H36F5N7O. The van der Waals surface area contributed by atoms with Crippen LogP contribution in [0.1, 0.15) is 55.8 Å². The van der Waals surface area contributed by atoms with Crippen molar-refractivity contribution in [2.24, 2.45) is 5.92 Å². The van der Waals surface area contributed by atoms with E-state index in [0.29, 0.717) is 31.4 Å². The van der Waals surface area contributed by atoms with E-state index in [1.807, 2.05) is 4.90 Å². The number of nitrogens with zero attached hydrogens (tertiary/aromatic N) is 5. The quantitative estimate of drug-likeness (QED) is 0.248. The number of H-pyrrole nitrogens is 1. The van der Waals surface area contributed by atoms with Crippen molar-refractivity contribution in [2.75, 3.05) is 37.7 Å². The predicted molar refractivity (Wildman–Crippen MR) is 164 cm³/mol. The summed E-state index contributed by atoms with van der Waals surface area (Å²) in [6.07, 6.45) is 0.0548. The Morgan fingerprint density at radius 1 is 1.04 bits per heavy atom. The number of rotatable bonds is 5. The van der Waals surface area contributed by atoms with Crippen LogP contribution in [-0.4, -0.2) is 75.5 Å². The number of hydrogen-bond donors (Lipinski definition) is 2. The largest absolute Gasteiger partial charge is 0.461 e. The van der Waals surface area contributed by atoms with Crippen molar-refractivity contribution in [3.05, 3.63) is 40.6 Å². The molecule has 13 heteroatoms. The summed E-state index contributed by atoms with van der Waals surface area (Å²) < 4.78 is 83.5. The molecule has 8 nitrogen and oxygen atoms in total. The maximum Gasteiger partial charge on any atom is 0.417 e. The molecule has 46 heavy (non-hydrogen) atoms. The van der Waals surface area contributed by atoms with E-state index in [4.69, 9.17) is 9.72 Å². The first-order valence-electron chi connectivity index (χ1n) is 16.1. The van der Waals surface area contributed by atoms with Crippen LogP contribution >= 0.6 is 0 Å². The summed E-state index contributed by atoms with van der Waals surface area (Å²) in [6.45, 7) is 8.44. The molecule has 2 unspecified atom stereocenters. The molecule has 2 N–H and O–H groups in total. The van der Waals surface area contributed by atoms with Crippen LogP contribution in [0.2, 0.25) is 0 Å². The van der Waals surface area contributed by atoms with Crippen LogP contribution in [-0.2, 0) is 6.18 Å². The lowest BCUT2D eigenvalue weighted by Gasteiger charge is -2.35. The first-order valence-corrected chi connectivity index (χ1v) is 16.1. The molecule has 2 aromatic carbocycles. The molecule has 4 aromatic rings. The van der Waals surface area contributed by atoms with Gasteiger partial charge in [0.15, 0.2) is 5.82 Å². The highest BCUT2D eigenvalue weighted by Crippen LogP contribution is 2.47. The zero-order chi connectivity index (χ0) is 32.1. The van der Waals surface area contributed by atoms with Gasteiger partial charge in [0.2, 0.25) is 0 Å². The Hall–Kier alpha value is -3.58. The fraction of sp³-hybridized carbons (Fsp3) is 0.545. The van der Waals surface area contributed by atoms with Crippen molar-refractivity contribution >= 4 is 27.6 Å². The molecule has 244 valence electrons. The number of hydrogen-bond acceptors (Lipinski definition) is 7. The molecule has 4 aliphatic heterocycles. The highest BCUT2D eigenvalue weighted by Gasteiger charge is 2.48. The SMILES string of the molecule is Cc1cc2[nH]nc(C)c2c(-c2c(F)cc3c(N4CC5CCC(C4)N5)nc(OC[C@@]45CCCN4C[C@H](C)C5)nc3c2F)c1C(F)(F)F. The monoisotopic (exact) mass is 641 g/mol. The van der Waals surface area contributed by atoms with E-state index in [1.54, 1.807) is 0 Å². The second kappa shape index (κ2) is 10.5. The third-order valence-corrected chi connectivity index (χ3v) is 10.6. The molecule has 2 bridgehead atoms. The average Bonchev–Trinajstić information content (AvgIpc) is 3.73. The van der Waals surface area contributed by atoms with E-state index in [2.05, 4.69) is 32.3 Å². The molecule has 0 saturated carbocycles. The van der Waals surface area contributed by atoms with Gasteiger partial charge < -0.3 is 15.0 Å². The maximum atomic E-state index is 17.0. The molecule has 8 rings (SSSR count). The highest BCUT2D eigenvalue weighted by atomic mass is 19.4. The fourth-order valence-corrected chi connectivity index (χ4v) is 8.78. The van der Waals surface area contributed by atoms with Crippen molar-refractivity contribution in [2.45, 2.75) is 76.7 Å². The summed E-state index contributed by atoms with van der Waals surface area (Å²) in [7, 11) is 0. The van der Waals surface area contributed by atoms with Crippen molar-refractivity contribution in [3.8, 4) is 17.1 Å². The van der Waals surface area contributed by atoms with Crippen LogP contribution in [0.5, 0.6) is 6.01 Å². The maximum absolute atomic E-state index is 17.0. The predicted octanol–water partition coefficient (Wildman–Crippen LogP) is 6.28. The number of aryl methyl sites for hydroxylation is 2. The summed E-state index contributed by atoms with van der Waals surface area (Å²) in [5.74, 6) is -1.47. The fourth-order valence-electron chi connectivity index (χ4n) is 8.78. The second-order valence-corrected chi connectivity index (χ2v) is 13.9. The van der Waals surface area contributed by atoms with Crippen molar-refractivity contribution in [1.29, 1.82) is 0 Å². The minimum Gasteiger partial charge on any atom is -0.461 e. The Bertz CT molecular complexity index is 1860. The number of piperazine rings is 1. The molecule has 2 aromatic heterocycles. The Morgan fingerprint density at radius 2 is 1.80 bits per heavy atom. The summed E-state index contributed by atoms with van der Waals surface area (Å²) >= 11 is 0. The van der Waals surface area contributed by atoms with Crippen molar-refractivity contribution in [3.63, 3.8) is 0 Å². The Kier molecular flexibility index (Phi) is 6.78. The van der Waals surface area contributed by atoms with Gasteiger partial charge in [0, 0.05) is 48.1 Å². The molecule has 6 heterocycles. The van der Waals surface area contributed by atoms with Crippen LogP contribution in [0.3, 0.4) is 0 Å². The number of aromatic amines is 1. The summed E-state index contributed by atoms with van der Waals surface area (Å²) in [6, 6.07) is 2.73. The molecule has 0 aliphatic carbocycles. The Labute approximate surface area is 262 Å². The van der Waals surface area contributed by atoms with Gasteiger partial charge in [-0.25, -0.2) is 8.78 Å². The minimum absolute atomic E-state index is 0.00952. The lowest BCUT2D eigenvalue weighted by molar-refractivity contribution is -0.137. The number of halogens is 5. The first kappa shape index (κ1) is 29.8. The van der Waals surface area contributed by atoms with Gasteiger partial charge in [-0.15, -0.1) is 0 Å². The van der Waals surface area contributed by atoms with E-state index in [9.17, 15) is 13.2 Å². The summed E-state index contributed by atoms with van der Waals surface area (Å²) in [5.41, 5.74) is -2.64. The van der Waals surface area contributed by atoms with Gasteiger partial charge in [0.05, 0.1) is 27.9 Å². The number of nitrogens with one attached hydrogen (secondary N) is 2. The smallest absolute Gasteiger partial charge is 0.417 e. The molecule has 4 saturated heterocycles. The topological polar surface area (TPSA) is 82.2 Å². The second-order valence-electron chi connectivity index (χ2n) is 13.9. The van der Waals surface area contributed by atoms with E-state index in [0.717, 1.165) is 51.3 Å². The standard InChI is InChI=1S/C33H36F5N7O/c1-16-11-32(7-4-8-45(32)12-16)15-46-31-40-29-21(30(41-31)44-13-19-5-6-20(14-44)39-19)10-22(34)25(28(29)35)26-24-18(3)42-43-23(24)9-17(2)27(26)33(36,37)38/h9-10,16,19-20,39H,4-8,11-15H2,1-3H3,(H,42,43)/t16-,19?,20?,32+/m1/s1. The molecule has 4 aliphatic rings.